The van der Waals surface area contributed by atoms with Gasteiger partial charge in [-0.3, -0.25) is 0 Å². The van der Waals surface area contributed by atoms with E-state index >= 15 is 0 Å². The fourth-order valence-corrected chi connectivity index (χ4v) is 4.39. The lowest BCUT2D eigenvalue weighted by Gasteiger charge is -2.27. The number of fused-ring (bicyclic) bond motifs is 3. The molecule has 4 aromatic rings. The highest BCUT2D eigenvalue weighted by atomic mass is 19.1. The van der Waals surface area contributed by atoms with Crippen molar-refractivity contribution in [1.29, 1.82) is 0 Å². The molecule has 1 N–H and O–H groups in total. The van der Waals surface area contributed by atoms with Crippen LogP contribution in [0.5, 0.6) is 11.5 Å². The maximum atomic E-state index is 13.5. The minimum Gasteiger partial charge on any atom is -0.493 e. The summed E-state index contributed by atoms with van der Waals surface area (Å²) >= 11 is 0. The number of anilines is 1. The zero-order chi connectivity index (χ0) is 22.8. The van der Waals surface area contributed by atoms with Gasteiger partial charge in [0.25, 0.3) is 0 Å². The van der Waals surface area contributed by atoms with E-state index in [1.54, 1.807) is 14.2 Å². The number of nitrogens with zero attached hydrogens (tertiary/aromatic N) is 2. The van der Waals surface area contributed by atoms with E-state index in [0.29, 0.717) is 24.0 Å². The van der Waals surface area contributed by atoms with Gasteiger partial charge >= 0.3 is 0 Å². The number of methoxy groups -OCH3 is 2. The number of hydrogen-bond donors (Lipinski definition) is 1. The maximum Gasteiger partial charge on any atom is 0.223 e. The van der Waals surface area contributed by atoms with Crippen LogP contribution in [0.3, 0.4) is 0 Å². The number of aromatic nitrogens is 2. The van der Waals surface area contributed by atoms with Crippen molar-refractivity contribution in [1.82, 2.24) is 9.97 Å². The van der Waals surface area contributed by atoms with Crippen molar-refractivity contribution in [2.24, 2.45) is 0 Å². The molecule has 1 aliphatic carbocycles. The quantitative estimate of drug-likeness (QED) is 0.422. The maximum absolute atomic E-state index is 13.5. The highest BCUT2D eigenvalue weighted by Gasteiger charge is 2.27. The zero-order valence-corrected chi connectivity index (χ0v) is 18.5. The SMILES string of the molecule is COc1ccc(CNc2ncc3c(n2)-c2ccccc2C(c2ccc(F)cc2)C3)cc1OC. The molecule has 3 aromatic carbocycles. The molecule has 1 atom stereocenters. The fourth-order valence-electron chi connectivity index (χ4n) is 4.39. The average molecular weight is 442 g/mol. The summed E-state index contributed by atoms with van der Waals surface area (Å²) in [4.78, 5) is 9.41. The fraction of sp³-hybridized carbons (Fsp3) is 0.185. The molecule has 1 unspecified atom stereocenters. The van der Waals surface area contributed by atoms with E-state index in [0.717, 1.165) is 34.4 Å². The lowest BCUT2D eigenvalue weighted by atomic mass is 9.78. The molecular weight excluding hydrogens is 417 g/mol. The number of hydrogen-bond acceptors (Lipinski definition) is 5. The van der Waals surface area contributed by atoms with Crippen molar-refractivity contribution in [3.63, 3.8) is 0 Å². The van der Waals surface area contributed by atoms with Gasteiger partial charge < -0.3 is 14.8 Å². The van der Waals surface area contributed by atoms with Crippen LogP contribution in [0.1, 0.15) is 28.2 Å². The largest absolute Gasteiger partial charge is 0.493 e. The number of benzene rings is 3. The Bertz CT molecular complexity index is 1290. The predicted molar refractivity (Wildman–Crippen MR) is 126 cm³/mol. The summed E-state index contributed by atoms with van der Waals surface area (Å²) in [6.45, 7) is 0.555. The molecule has 5 rings (SSSR count). The molecule has 0 spiro atoms. The third kappa shape index (κ3) is 4.12. The Hall–Kier alpha value is -3.93. The monoisotopic (exact) mass is 441 g/mol. The van der Waals surface area contributed by atoms with Crippen LogP contribution in [0.15, 0.2) is 72.9 Å². The summed E-state index contributed by atoms with van der Waals surface area (Å²) < 4.78 is 24.2. The van der Waals surface area contributed by atoms with Crippen molar-refractivity contribution in [2.45, 2.75) is 18.9 Å². The highest BCUT2D eigenvalue weighted by Crippen LogP contribution is 2.41. The van der Waals surface area contributed by atoms with Gasteiger partial charge in [-0.05, 0) is 52.9 Å². The van der Waals surface area contributed by atoms with E-state index in [1.165, 1.54) is 17.7 Å². The van der Waals surface area contributed by atoms with Crippen molar-refractivity contribution in [2.75, 3.05) is 19.5 Å². The molecule has 0 aliphatic heterocycles. The van der Waals surface area contributed by atoms with E-state index in [9.17, 15) is 4.39 Å². The van der Waals surface area contributed by atoms with Crippen LogP contribution in [0.2, 0.25) is 0 Å². The lowest BCUT2D eigenvalue weighted by Crippen LogP contribution is -2.15. The van der Waals surface area contributed by atoms with Gasteiger partial charge in [0, 0.05) is 24.2 Å². The molecule has 0 amide bonds. The van der Waals surface area contributed by atoms with Crippen LogP contribution in [-0.2, 0) is 13.0 Å². The Morgan fingerprint density at radius 1 is 0.970 bits per heavy atom. The van der Waals surface area contributed by atoms with Gasteiger partial charge in [0.2, 0.25) is 5.95 Å². The van der Waals surface area contributed by atoms with Crippen LogP contribution >= 0.6 is 0 Å². The first kappa shape index (κ1) is 20.9. The Labute approximate surface area is 192 Å². The third-order valence-corrected chi connectivity index (χ3v) is 6.05. The molecule has 6 heteroatoms. The Morgan fingerprint density at radius 2 is 1.76 bits per heavy atom. The van der Waals surface area contributed by atoms with Crippen LogP contribution in [0.25, 0.3) is 11.3 Å². The van der Waals surface area contributed by atoms with Gasteiger partial charge in [0.15, 0.2) is 11.5 Å². The van der Waals surface area contributed by atoms with Gasteiger partial charge in [0.1, 0.15) is 5.82 Å². The number of rotatable bonds is 6. The van der Waals surface area contributed by atoms with Crippen LogP contribution in [-0.4, -0.2) is 24.2 Å². The van der Waals surface area contributed by atoms with E-state index in [-0.39, 0.29) is 11.7 Å². The Morgan fingerprint density at radius 3 is 2.55 bits per heavy atom. The normalized spacial score (nSPS) is 14.2. The minimum atomic E-state index is -0.225. The molecule has 0 saturated carbocycles. The number of halogens is 1. The van der Waals surface area contributed by atoms with Crippen molar-refractivity contribution < 1.29 is 13.9 Å². The molecule has 0 radical (unpaired) electrons. The van der Waals surface area contributed by atoms with Gasteiger partial charge in [-0.1, -0.05) is 42.5 Å². The molecule has 1 aromatic heterocycles. The second-order valence-electron chi connectivity index (χ2n) is 8.01. The molecule has 1 aliphatic rings. The van der Waals surface area contributed by atoms with E-state index in [4.69, 9.17) is 14.5 Å². The zero-order valence-electron chi connectivity index (χ0n) is 18.5. The summed E-state index contributed by atoms with van der Waals surface area (Å²) in [6, 6.07) is 20.9. The molecular formula is C27H24FN3O2. The van der Waals surface area contributed by atoms with Gasteiger partial charge in [-0.15, -0.1) is 0 Å². The Balaban J connectivity index is 1.42. The minimum absolute atomic E-state index is 0.142. The van der Waals surface area contributed by atoms with Gasteiger partial charge in [-0.25, -0.2) is 14.4 Å². The lowest BCUT2D eigenvalue weighted by molar-refractivity contribution is 0.354. The molecule has 5 nitrogen and oxygen atoms in total. The van der Waals surface area contributed by atoms with Crippen molar-refractivity contribution in [3.8, 4) is 22.8 Å². The molecule has 33 heavy (non-hydrogen) atoms. The number of nitrogens with one attached hydrogen (secondary N) is 1. The smallest absolute Gasteiger partial charge is 0.223 e. The molecule has 0 bridgehead atoms. The van der Waals surface area contributed by atoms with Crippen LogP contribution in [0, 0.1) is 5.82 Å². The van der Waals surface area contributed by atoms with Crippen LogP contribution in [0.4, 0.5) is 10.3 Å². The summed E-state index contributed by atoms with van der Waals surface area (Å²) in [7, 11) is 3.24. The first-order valence-electron chi connectivity index (χ1n) is 10.8. The van der Waals surface area contributed by atoms with E-state index in [2.05, 4.69) is 22.4 Å². The van der Waals surface area contributed by atoms with Crippen molar-refractivity contribution in [3.05, 3.63) is 101 Å². The summed E-state index contributed by atoms with van der Waals surface area (Å²) in [6.07, 6.45) is 2.67. The predicted octanol–water partition coefficient (Wildman–Crippen LogP) is 5.60. The second-order valence-corrected chi connectivity index (χ2v) is 8.01. The van der Waals surface area contributed by atoms with Crippen LogP contribution < -0.4 is 14.8 Å². The van der Waals surface area contributed by atoms with Gasteiger partial charge in [0.05, 0.1) is 19.9 Å². The third-order valence-electron chi connectivity index (χ3n) is 6.05. The first-order valence-corrected chi connectivity index (χ1v) is 10.8. The second kappa shape index (κ2) is 8.90. The molecule has 0 saturated heterocycles. The summed E-state index contributed by atoms with van der Waals surface area (Å²) in [5.74, 6) is 1.86. The van der Waals surface area contributed by atoms with E-state index < -0.39 is 0 Å². The molecule has 1 heterocycles. The van der Waals surface area contributed by atoms with Crippen molar-refractivity contribution >= 4 is 5.95 Å². The number of ether oxygens (including phenoxy) is 2. The first-order chi connectivity index (χ1) is 16.2. The average Bonchev–Trinajstić information content (AvgIpc) is 2.87. The van der Waals surface area contributed by atoms with E-state index in [1.807, 2.05) is 48.7 Å². The van der Waals surface area contributed by atoms with Gasteiger partial charge in [-0.2, -0.15) is 0 Å². The molecule has 0 fully saturated rings. The Kier molecular flexibility index (Phi) is 5.65. The standard InChI is InChI=1S/C27H24FN3O2/c1-32-24-12-7-17(13-25(24)33-2)15-29-27-30-16-19-14-23(18-8-10-20(28)11-9-18)21-5-3-4-6-22(21)26(19)31-27/h3-13,16,23H,14-15H2,1-2H3,(H,29,30,31). The summed E-state index contributed by atoms with van der Waals surface area (Å²) in [5, 5.41) is 3.32. The topological polar surface area (TPSA) is 56.3 Å². The molecule has 166 valence electrons. The highest BCUT2D eigenvalue weighted by molar-refractivity contribution is 5.72. The summed E-state index contributed by atoms with van der Waals surface area (Å²) in [5.41, 5.74) is 6.43.